The van der Waals surface area contributed by atoms with E-state index in [1.165, 1.54) is 0 Å². The lowest BCUT2D eigenvalue weighted by atomic mass is 9.59. The van der Waals surface area contributed by atoms with Crippen molar-refractivity contribution in [2.24, 2.45) is 17.3 Å². The van der Waals surface area contributed by atoms with Crippen molar-refractivity contribution in [3.63, 3.8) is 0 Å². The Labute approximate surface area is 151 Å². The van der Waals surface area contributed by atoms with Gasteiger partial charge < -0.3 is 4.90 Å². The number of benzene rings is 1. The van der Waals surface area contributed by atoms with Crippen molar-refractivity contribution < 1.29 is 9.59 Å². The molecule has 1 aliphatic heterocycles. The summed E-state index contributed by atoms with van der Waals surface area (Å²) >= 11 is 3.42. The molecule has 3 nitrogen and oxygen atoms in total. The molecule has 2 saturated carbocycles. The van der Waals surface area contributed by atoms with E-state index in [4.69, 9.17) is 0 Å². The van der Waals surface area contributed by atoms with Gasteiger partial charge in [0.05, 0.1) is 5.41 Å². The third-order valence-electron chi connectivity index (χ3n) is 6.57. The lowest BCUT2D eigenvalue weighted by Crippen LogP contribution is -2.58. The fourth-order valence-corrected chi connectivity index (χ4v) is 5.87. The van der Waals surface area contributed by atoms with Crippen LogP contribution in [-0.2, 0) is 4.79 Å². The molecule has 0 N–H and O–H groups in total. The van der Waals surface area contributed by atoms with Gasteiger partial charge in [-0.1, -0.05) is 22.9 Å². The van der Waals surface area contributed by atoms with E-state index < -0.39 is 0 Å². The van der Waals surface area contributed by atoms with Gasteiger partial charge in [-0.05, 0) is 68.2 Å². The monoisotopic (exact) mass is 389 g/mol. The third-order valence-corrected chi connectivity index (χ3v) is 7.10. The molecule has 1 saturated heterocycles. The van der Waals surface area contributed by atoms with Crippen molar-refractivity contribution in [3.05, 3.63) is 34.3 Å². The molecule has 0 radical (unpaired) electrons. The minimum absolute atomic E-state index is 0.0960. The fourth-order valence-electron chi connectivity index (χ4n) is 5.61. The number of piperidine rings is 1. The molecule has 1 amide bonds. The zero-order chi connectivity index (χ0) is 16.9. The van der Waals surface area contributed by atoms with E-state index in [0.717, 1.165) is 48.7 Å². The lowest BCUT2D eigenvalue weighted by Gasteiger charge is -2.50. The van der Waals surface area contributed by atoms with Gasteiger partial charge in [0.25, 0.3) is 5.91 Å². The molecule has 3 fully saturated rings. The largest absolute Gasteiger partial charge is 0.335 e. The molecule has 4 atom stereocenters. The maximum atomic E-state index is 13.1. The number of hydrogen-bond donors (Lipinski definition) is 0. The van der Waals surface area contributed by atoms with Crippen LogP contribution < -0.4 is 0 Å². The summed E-state index contributed by atoms with van der Waals surface area (Å²) in [4.78, 5) is 28.2. The number of likely N-dealkylation sites (tertiary alicyclic amines) is 1. The Kier molecular flexibility index (Phi) is 4.06. The van der Waals surface area contributed by atoms with Crippen LogP contribution in [0.15, 0.2) is 28.7 Å². The van der Waals surface area contributed by atoms with Crippen LogP contribution >= 0.6 is 15.9 Å². The smallest absolute Gasteiger partial charge is 0.254 e. The number of Topliss-reactive ketones (excluding diaryl/α,β-unsaturated/α-hetero) is 1. The molecule has 2 aliphatic carbocycles. The Balaban J connectivity index is 1.66. The second-order valence-corrected chi connectivity index (χ2v) is 8.82. The Morgan fingerprint density at radius 3 is 2.75 bits per heavy atom. The van der Waals surface area contributed by atoms with Crippen LogP contribution in [-0.4, -0.2) is 29.2 Å². The highest BCUT2D eigenvalue weighted by molar-refractivity contribution is 9.10. The Bertz CT molecular complexity index is 671. The van der Waals surface area contributed by atoms with Gasteiger partial charge in [-0.25, -0.2) is 0 Å². The molecule has 1 spiro atoms. The average molecular weight is 390 g/mol. The van der Waals surface area contributed by atoms with Gasteiger partial charge in [0.15, 0.2) is 0 Å². The summed E-state index contributed by atoms with van der Waals surface area (Å²) in [6, 6.07) is 7.71. The van der Waals surface area contributed by atoms with E-state index in [2.05, 4.69) is 22.9 Å². The third kappa shape index (κ3) is 2.37. The maximum absolute atomic E-state index is 13.1. The highest BCUT2D eigenvalue weighted by atomic mass is 79.9. The normalized spacial score (nSPS) is 35.5. The summed E-state index contributed by atoms with van der Waals surface area (Å²) in [7, 11) is 0. The highest BCUT2D eigenvalue weighted by Crippen LogP contribution is 2.57. The van der Waals surface area contributed by atoms with Crippen LogP contribution in [0.3, 0.4) is 0 Å². The van der Waals surface area contributed by atoms with E-state index in [-0.39, 0.29) is 17.4 Å². The van der Waals surface area contributed by atoms with Gasteiger partial charge >= 0.3 is 0 Å². The predicted molar refractivity (Wildman–Crippen MR) is 96.8 cm³/mol. The zero-order valence-corrected chi connectivity index (χ0v) is 15.7. The van der Waals surface area contributed by atoms with Crippen molar-refractivity contribution in [3.8, 4) is 0 Å². The first kappa shape index (κ1) is 16.3. The van der Waals surface area contributed by atoms with Crippen LogP contribution in [0, 0.1) is 17.3 Å². The molecule has 24 heavy (non-hydrogen) atoms. The molecule has 128 valence electrons. The number of halogens is 1. The number of carbonyl (C=O) groups excluding carboxylic acids is 2. The molecule has 1 aromatic carbocycles. The Morgan fingerprint density at radius 2 is 2.00 bits per heavy atom. The van der Waals surface area contributed by atoms with Crippen molar-refractivity contribution in [2.45, 2.75) is 51.5 Å². The average Bonchev–Trinajstić information content (AvgIpc) is 2.95. The van der Waals surface area contributed by atoms with E-state index in [0.29, 0.717) is 24.0 Å². The van der Waals surface area contributed by atoms with Gasteiger partial charge in [0, 0.05) is 29.0 Å². The molecule has 0 aromatic heterocycles. The fraction of sp³-hybridized carbons (Fsp3) is 0.600. The minimum Gasteiger partial charge on any atom is -0.335 e. The van der Waals surface area contributed by atoms with Gasteiger partial charge in [-0.2, -0.15) is 0 Å². The minimum atomic E-state index is -0.240. The number of rotatable bonds is 1. The van der Waals surface area contributed by atoms with E-state index in [1.54, 1.807) is 0 Å². The van der Waals surface area contributed by atoms with Crippen LogP contribution in [0.5, 0.6) is 0 Å². The first-order valence-electron chi connectivity index (χ1n) is 9.12. The summed E-state index contributed by atoms with van der Waals surface area (Å²) in [5, 5.41) is 0. The number of hydrogen-bond acceptors (Lipinski definition) is 2. The Hall–Kier alpha value is -1.16. The first-order chi connectivity index (χ1) is 11.5. The topological polar surface area (TPSA) is 37.4 Å². The van der Waals surface area contributed by atoms with Crippen LogP contribution in [0.1, 0.15) is 55.8 Å². The molecule has 1 aromatic rings. The standard InChI is InChI=1S/C20H24BrNO2/c1-13-11-15-5-8-17-20(15,18(23)12-13)9-2-10-22(17)19(24)14-3-6-16(21)7-4-14/h3-4,6-7,13,15,17H,2,5,8-12H2,1H3/t13-,15-,17-,20+/m1/s1. The molecular weight excluding hydrogens is 366 g/mol. The molecule has 4 rings (SSSR count). The van der Waals surface area contributed by atoms with Gasteiger partial charge in [-0.15, -0.1) is 0 Å². The van der Waals surface area contributed by atoms with Crippen molar-refractivity contribution >= 4 is 27.6 Å². The SMILES string of the molecule is C[C@H]1CC(=O)[C@]23CCCN(C(=O)c4ccc(Br)cc4)[C@@H]2CC[C@@H]3C1. The number of amides is 1. The van der Waals surface area contributed by atoms with Crippen LogP contribution in [0.4, 0.5) is 0 Å². The molecule has 3 aliphatic rings. The highest BCUT2D eigenvalue weighted by Gasteiger charge is 2.60. The first-order valence-corrected chi connectivity index (χ1v) is 9.91. The molecule has 4 heteroatoms. The van der Waals surface area contributed by atoms with Crippen LogP contribution in [0.25, 0.3) is 0 Å². The van der Waals surface area contributed by atoms with E-state index in [9.17, 15) is 9.59 Å². The van der Waals surface area contributed by atoms with Crippen molar-refractivity contribution in [1.82, 2.24) is 4.90 Å². The molecule has 1 heterocycles. The number of carbonyl (C=O) groups is 2. The van der Waals surface area contributed by atoms with Gasteiger partial charge in [0.2, 0.25) is 0 Å². The van der Waals surface area contributed by atoms with E-state index in [1.807, 2.05) is 29.2 Å². The molecular formula is C20H24BrNO2. The number of nitrogens with zero attached hydrogens (tertiary/aromatic N) is 1. The number of ketones is 1. The van der Waals surface area contributed by atoms with Gasteiger partial charge in [0.1, 0.15) is 5.78 Å². The molecule has 0 unspecified atom stereocenters. The lowest BCUT2D eigenvalue weighted by molar-refractivity contribution is -0.142. The maximum Gasteiger partial charge on any atom is 0.254 e. The van der Waals surface area contributed by atoms with Crippen LogP contribution in [0.2, 0.25) is 0 Å². The summed E-state index contributed by atoms with van der Waals surface area (Å²) in [5.74, 6) is 1.52. The van der Waals surface area contributed by atoms with Gasteiger partial charge in [-0.3, -0.25) is 9.59 Å². The van der Waals surface area contributed by atoms with E-state index >= 15 is 0 Å². The summed E-state index contributed by atoms with van der Waals surface area (Å²) in [6.45, 7) is 2.99. The zero-order valence-electron chi connectivity index (χ0n) is 14.1. The Morgan fingerprint density at radius 1 is 1.25 bits per heavy atom. The predicted octanol–water partition coefficient (Wildman–Crippen LogP) is 4.45. The van der Waals surface area contributed by atoms with Crippen molar-refractivity contribution in [1.29, 1.82) is 0 Å². The summed E-state index contributed by atoms with van der Waals surface area (Å²) < 4.78 is 0.978. The van der Waals surface area contributed by atoms with Crippen molar-refractivity contribution in [2.75, 3.05) is 6.54 Å². The summed E-state index contributed by atoms with van der Waals surface area (Å²) in [6.07, 6.45) is 5.89. The quantitative estimate of drug-likeness (QED) is 0.711. The second kappa shape index (κ2) is 5.98. The molecule has 0 bridgehead atoms. The summed E-state index contributed by atoms with van der Waals surface area (Å²) in [5.41, 5.74) is 0.491. The second-order valence-electron chi connectivity index (χ2n) is 7.91.